The molecule has 0 N–H and O–H groups in total. The van der Waals surface area contributed by atoms with Gasteiger partial charge < -0.3 is 9.80 Å². The first-order valence-electron chi connectivity index (χ1n) is 4.53. The number of likely N-dealkylation sites (N-methyl/N-ethyl adjacent to an activating group) is 2. The number of hydrogen-bond acceptors (Lipinski definition) is 3. The van der Waals surface area contributed by atoms with Gasteiger partial charge in [-0.3, -0.25) is 4.79 Å². The third-order valence-corrected chi connectivity index (χ3v) is 2.02. The highest BCUT2D eigenvalue weighted by atomic mass is 19.1. The zero-order chi connectivity index (χ0) is 11.4. The molecule has 0 saturated carbocycles. The van der Waals surface area contributed by atoms with Crippen molar-refractivity contribution in [3.63, 3.8) is 0 Å². The Bertz CT molecular complexity index is 354. The molecule has 4 nitrogen and oxygen atoms in total. The topological polar surface area (TPSA) is 36.4 Å². The van der Waals surface area contributed by atoms with E-state index in [0.29, 0.717) is 5.69 Å². The van der Waals surface area contributed by atoms with Gasteiger partial charge in [0.2, 0.25) is 11.9 Å². The molecule has 0 spiro atoms. The van der Waals surface area contributed by atoms with Crippen molar-refractivity contribution in [1.82, 2.24) is 9.88 Å². The van der Waals surface area contributed by atoms with Gasteiger partial charge in [-0.05, 0) is 6.07 Å². The van der Waals surface area contributed by atoms with Gasteiger partial charge in [-0.1, -0.05) is 0 Å². The van der Waals surface area contributed by atoms with Crippen LogP contribution in [0.5, 0.6) is 0 Å². The lowest BCUT2D eigenvalue weighted by molar-refractivity contribution is -0.127. The predicted octanol–water partition coefficient (Wildman–Crippen LogP) is 0.745. The van der Waals surface area contributed by atoms with Crippen LogP contribution in [-0.2, 0) is 4.79 Å². The number of amides is 1. The minimum Gasteiger partial charge on any atom is -0.365 e. The normalized spacial score (nSPS) is 9.87. The Morgan fingerprint density at radius 3 is 2.67 bits per heavy atom. The zero-order valence-electron chi connectivity index (χ0n) is 9.07. The Morgan fingerprint density at radius 2 is 2.13 bits per heavy atom. The van der Waals surface area contributed by atoms with Crippen molar-refractivity contribution >= 4 is 11.6 Å². The SMILES string of the molecule is CN(C)C(=O)CN(C)c1ccnc(F)c1. The Hall–Kier alpha value is -1.65. The molecule has 0 aliphatic carbocycles. The molecule has 0 radical (unpaired) electrons. The number of carbonyl (C=O) groups excluding carboxylic acids is 1. The highest BCUT2D eigenvalue weighted by Crippen LogP contribution is 2.11. The summed E-state index contributed by atoms with van der Waals surface area (Å²) in [5, 5.41) is 0. The summed E-state index contributed by atoms with van der Waals surface area (Å²) >= 11 is 0. The Kier molecular flexibility index (Phi) is 3.60. The number of aromatic nitrogens is 1. The molecule has 5 heteroatoms. The van der Waals surface area contributed by atoms with Crippen LogP contribution in [-0.4, -0.2) is 43.5 Å². The van der Waals surface area contributed by atoms with E-state index in [1.54, 1.807) is 32.1 Å². The average molecular weight is 211 g/mol. The van der Waals surface area contributed by atoms with Crippen LogP contribution < -0.4 is 4.90 Å². The number of carbonyl (C=O) groups is 1. The van der Waals surface area contributed by atoms with Crippen LogP contribution in [0.1, 0.15) is 0 Å². The molecule has 1 aromatic rings. The highest BCUT2D eigenvalue weighted by Gasteiger charge is 2.09. The van der Waals surface area contributed by atoms with E-state index in [1.165, 1.54) is 17.2 Å². The molecule has 82 valence electrons. The van der Waals surface area contributed by atoms with E-state index in [4.69, 9.17) is 0 Å². The summed E-state index contributed by atoms with van der Waals surface area (Å²) in [6, 6.07) is 2.95. The molecule has 0 saturated heterocycles. The van der Waals surface area contributed by atoms with Gasteiger partial charge in [0, 0.05) is 39.1 Å². The molecule has 1 aromatic heterocycles. The second-order valence-electron chi connectivity index (χ2n) is 3.48. The molecule has 1 amide bonds. The van der Waals surface area contributed by atoms with E-state index < -0.39 is 5.95 Å². The van der Waals surface area contributed by atoms with E-state index in [9.17, 15) is 9.18 Å². The average Bonchev–Trinajstić information content (AvgIpc) is 2.17. The highest BCUT2D eigenvalue weighted by molar-refractivity contribution is 5.80. The van der Waals surface area contributed by atoms with Crippen LogP contribution in [0.4, 0.5) is 10.1 Å². The van der Waals surface area contributed by atoms with E-state index >= 15 is 0 Å². The molecule has 0 atom stereocenters. The summed E-state index contributed by atoms with van der Waals surface area (Å²) < 4.78 is 12.8. The fourth-order valence-electron chi connectivity index (χ4n) is 1.07. The van der Waals surface area contributed by atoms with Crippen molar-refractivity contribution in [3.8, 4) is 0 Å². The van der Waals surface area contributed by atoms with Crippen LogP contribution in [0.15, 0.2) is 18.3 Å². The minimum absolute atomic E-state index is 0.0327. The van der Waals surface area contributed by atoms with Gasteiger partial charge in [0.25, 0.3) is 0 Å². The van der Waals surface area contributed by atoms with E-state index in [-0.39, 0.29) is 12.5 Å². The molecular weight excluding hydrogens is 197 g/mol. The van der Waals surface area contributed by atoms with Crippen molar-refractivity contribution in [1.29, 1.82) is 0 Å². The van der Waals surface area contributed by atoms with Gasteiger partial charge >= 0.3 is 0 Å². The second kappa shape index (κ2) is 4.72. The summed E-state index contributed by atoms with van der Waals surface area (Å²) in [6.45, 7) is 0.219. The van der Waals surface area contributed by atoms with Crippen molar-refractivity contribution in [2.45, 2.75) is 0 Å². The number of hydrogen-bond donors (Lipinski definition) is 0. The summed E-state index contributed by atoms with van der Waals surface area (Å²) in [4.78, 5) is 18.0. The Morgan fingerprint density at radius 1 is 1.47 bits per heavy atom. The maximum atomic E-state index is 12.8. The first-order valence-corrected chi connectivity index (χ1v) is 4.53. The van der Waals surface area contributed by atoms with Gasteiger partial charge in [-0.15, -0.1) is 0 Å². The Labute approximate surface area is 88.3 Å². The minimum atomic E-state index is -0.545. The molecular formula is C10H14FN3O. The second-order valence-corrected chi connectivity index (χ2v) is 3.48. The van der Waals surface area contributed by atoms with Gasteiger partial charge in [0.05, 0.1) is 6.54 Å². The number of nitrogens with zero attached hydrogens (tertiary/aromatic N) is 3. The van der Waals surface area contributed by atoms with Crippen LogP contribution in [0.2, 0.25) is 0 Å². The number of pyridine rings is 1. The van der Waals surface area contributed by atoms with Crippen molar-refractivity contribution < 1.29 is 9.18 Å². The molecule has 1 heterocycles. The first kappa shape index (κ1) is 11.4. The molecule has 0 aliphatic heterocycles. The maximum Gasteiger partial charge on any atom is 0.241 e. The van der Waals surface area contributed by atoms with Gasteiger partial charge in [-0.2, -0.15) is 4.39 Å². The summed E-state index contributed by atoms with van der Waals surface area (Å²) in [7, 11) is 5.10. The molecule has 0 aliphatic rings. The van der Waals surface area contributed by atoms with Crippen LogP contribution >= 0.6 is 0 Å². The lowest BCUT2D eigenvalue weighted by Gasteiger charge is -2.20. The summed E-state index contributed by atoms with van der Waals surface area (Å²) in [5.74, 6) is -0.577. The van der Waals surface area contributed by atoms with Gasteiger partial charge in [-0.25, -0.2) is 4.98 Å². The smallest absolute Gasteiger partial charge is 0.241 e. The summed E-state index contributed by atoms with van der Waals surface area (Å²) in [6.07, 6.45) is 1.38. The molecule has 15 heavy (non-hydrogen) atoms. The first-order chi connectivity index (χ1) is 7.00. The zero-order valence-corrected chi connectivity index (χ0v) is 9.07. The molecule has 0 unspecified atom stereocenters. The number of anilines is 1. The van der Waals surface area contributed by atoms with Crippen molar-refractivity contribution in [3.05, 3.63) is 24.3 Å². The van der Waals surface area contributed by atoms with E-state index in [0.717, 1.165) is 0 Å². The predicted molar refractivity (Wildman–Crippen MR) is 56.2 cm³/mol. The van der Waals surface area contributed by atoms with Gasteiger partial charge in [0.1, 0.15) is 0 Å². The maximum absolute atomic E-state index is 12.8. The standard InChI is InChI=1S/C10H14FN3O/c1-13(2)10(15)7-14(3)8-4-5-12-9(11)6-8/h4-6H,7H2,1-3H3. The van der Waals surface area contributed by atoms with E-state index in [1.807, 2.05) is 0 Å². The number of rotatable bonds is 3. The van der Waals surface area contributed by atoms with Crippen LogP contribution in [0.25, 0.3) is 0 Å². The molecule has 1 rings (SSSR count). The fraction of sp³-hybridized carbons (Fsp3) is 0.400. The van der Waals surface area contributed by atoms with Crippen molar-refractivity contribution in [2.75, 3.05) is 32.6 Å². The summed E-state index contributed by atoms with van der Waals surface area (Å²) in [5.41, 5.74) is 0.637. The van der Waals surface area contributed by atoms with Gasteiger partial charge in [0.15, 0.2) is 0 Å². The van der Waals surface area contributed by atoms with Crippen molar-refractivity contribution in [2.24, 2.45) is 0 Å². The lowest BCUT2D eigenvalue weighted by atomic mass is 10.3. The van der Waals surface area contributed by atoms with E-state index in [2.05, 4.69) is 4.98 Å². The van der Waals surface area contributed by atoms with Crippen LogP contribution in [0.3, 0.4) is 0 Å². The third kappa shape index (κ3) is 3.19. The number of halogens is 1. The largest absolute Gasteiger partial charge is 0.365 e. The molecule has 0 aromatic carbocycles. The van der Waals surface area contributed by atoms with Crippen LogP contribution in [0, 0.1) is 5.95 Å². The molecule has 0 bridgehead atoms. The molecule has 0 fully saturated rings. The fourth-order valence-corrected chi connectivity index (χ4v) is 1.07. The lowest BCUT2D eigenvalue weighted by Crippen LogP contribution is -2.34. The monoisotopic (exact) mass is 211 g/mol. The Balaban J connectivity index is 2.69. The quantitative estimate of drug-likeness (QED) is 0.692. The third-order valence-electron chi connectivity index (χ3n) is 2.02.